The second kappa shape index (κ2) is 8.41. The minimum atomic E-state index is 0.343. The number of aromatic nitrogens is 3. The largest absolute Gasteiger partial charge is 0.484 e. The lowest BCUT2D eigenvalue weighted by Crippen LogP contribution is -2.07. The third-order valence-electron chi connectivity index (χ3n) is 3.75. The summed E-state index contributed by atoms with van der Waals surface area (Å²) in [6.07, 6.45) is 0. The molecular formula is C19H20ClN3OS. The van der Waals surface area contributed by atoms with Crippen LogP contribution in [0.4, 0.5) is 0 Å². The van der Waals surface area contributed by atoms with Crippen LogP contribution in [-0.2, 0) is 18.9 Å². The molecule has 4 nitrogen and oxygen atoms in total. The molecule has 0 N–H and O–H groups in total. The lowest BCUT2D eigenvalue weighted by molar-refractivity contribution is 0.288. The van der Waals surface area contributed by atoms with Gasteiger partial charge in [-0.05, 0) is 31.5 Å². The minimum Gasteiger partial charge on any atom is -0.484 e. The van der Waals surface area contributed by atoms with E-state index in [1.165, 1.54) is 11.1 Å². The molecule has 0 radical (unpaired) electrons. The lowest BCUT2D eigenvalue weighted by Gasteiger charge is -2.10. The van der Waals surface area contributed by atoms with Gasteiger partial charge in [0.25, 0.3) is 0 Å². The number of para-hydroxylation sites is 1. The van der Waals surface area contributed by atoms with Gasteiger partial charge >= 0.3 is 0 Å². The van der Waals surface area contributed by atoms with Gasteiger partial charge in [-0.25, -0.2) is 0 Å². The Bertz CT molecular complexity index is 850. The van der Waals surface area contributed by atoms with Crippen LogP contribution in [0.3, 0.4) is 0 Å². The molecule has 3 rings (SSSR count). The number of hydrogen-bond donors (Lipinski definition) is 0. The highest BCUT2D eigenvalue weighted by atomic mass is 35.5. The molecule has 0 aliphatic heterocycles. The molecule has 0 bridgehead atoms. The summed E-state index contributed by atoms with van der Waals surface area (Å²) in [5.41, 5.74) is 2.55. The van der Waals surface area contributed by atoms with E-state index in [1.807, 2.05) is 24.3 Å². The number of benzene rings is 2. The maximum atomic E-state index is 6.13. The maximum absolute atomic E-state index is 6.13. The predicted octanol–water partition coefficient (Wildman–Crippen LogP) is 5.13. The summed E-state index contributed by atoms with van der Waals surface area (Å²) in [5.74, 6) is 2.32. The zero-order valence-electron chi connectivity index (χ0n) is 14.3. The Morgan fingerprint density at radius 1 is 1.12 bits per heavy atom. The molecule has 0 amide bonds. The third kappa shape index (κ3) is 4.55. The van der Waals surface area contributed by atoms with Crippen LogP contribution in [0.1, 0.15) is 23.9 Å². The molecule has 0 aliphatic carbocycles. The summed E-state index contributed by atoms with van der Waals surface area (Å²) in [6, 6.07) is 16.0. The molecule has 0 aliphatic rings. The van der Waals surface area contributed by atoms with Crippen molar-refractivity contribution in [1.82, 2.24) is 14.8 Å². The Morgan fingerprint density at radius 2 is 1.96 bits per heavy atom. The average Bonchev–Trinajstić information content (AvgIpc) is 3.01. The van der Waals surface area contributed by atoms with Crippen LogP contribution in [0, 0.1) is 6.92 Å². The van der Waals surface area contributed by atoms with Crippen LogP contribution >= 0.6 is 23.4 Å². The van der Waals surface area contributed by atoms with Gasteiger partial charge in [0.05, 0.1) is 5.02 Å². The van der Waals surface area contributed by atoms with Gasteiger partial charge in [0, 0.05) is 12.3 Å². The average molecular weight is 374 g/mol. The van der Waals surface area contributed by atoms with E-state index in [0.717, 1.165) is 23.3 Å². The second-order valence-electron chi connectivity index (χ2n) is 5.64. The van der Waals surface area contributed by atoms with E-state index < -0.39 is 0 Å². The number of halogens is 1. The smallest absolute Gasteiger partial charge is 0.191 e. The minimum absolute atomic E-state index is 0.343. The number of aryl methyl sites for hydroxylation is 1. The van der Waals surface area contributed by atoms with Gasteiger partial charge in [0.15, 0.2) is 11.0 Å². The normalized spacial score (nSPS) is 10.8. The highest BCUT2D eigenvalue weighted by molar-refractivity contribution is 7.98. The fraction of sp³-hybridized carbons (Fsp3) is 0.263. The van der Waals surface area contributed by atoms with Gasteiger partial charge in [-0.2, -0.15) is 0 Å². The number of thioether (sulfide) groups is 1. The van der Waals surface area contributed by atoms with Gasteiger partial charge in [0.2, 0.25) is 0 Å². The molecule has 1 aromatic heterocycles. The van der Waals surface area contributed by atoms with Crippen molar-refractivity contribution in [3.8, 4) is 5.75 Å². The topological polar surface area (TPSA) is 39.9 Å². The summed E-state index contributed by atoms with van der Waals surface area (Å²) in [7, 11) is 0. The number of ether oxygens (including phenoxy) is 1. The highest BCUT2D eigenvalue weighted by Crippen LogP contribution is 2.25. The Labute approximate surface area is 157 Å². The zero-order valence-corrected chi connectivity index (χ0v) is 15.8. The van der Waals surface area contributed by atoms with E-state index in [2.05, 4.69) is 52.9 Å². The third-order valence-corrected chi connectivity index (χ3v) is 5.10. The van der Waals surface area contributed by atoms with Crippen LogP contribution in [0.2, 0.25) is 5.02 Å². The first-order valence-electron chi connectivity index (χ1n) is 8.15. The van der Waals surface area contributed by atoms with Crippen molar-refractivity contribution < 1.29 is 4.74 Å². The Hall–Kier alpha value is -1.98. The molecule has 0 fully saturated rings. The van der Waals surface area contributed by atoms with Crippen LogP contribution in [0.5, 0.6) is 5.75 Å². The van der Waals surface area contributed by atoms with Crippen molar-refractivity contribution >= 4 is 23.4 Å². The highest BCUT2D eigenvalue weighted by Gasteiger charge is 2.12. The van der Waals surface area contributed by atoms with Gasteiger partial charge in [-0.15, -0.1) is 10.2 Å². The van der Waals surface area contributed by atoms with E-state index in [-0.39, 0.29) is 0 Å². The fourth-order valence-electron chi connectivity index (χ4n) is 2.50. The summed E-state index contributed by atoms with van der Waals surface area (Å²) in [4.78, 5) is 0. The van der Waals surface area contributed by atoms with Crippen molar-refractivity contribution in [1.29, 1.82) is 0 Å². The first-order chi connectivity index (χ1) is 12.2. The van der Waals surface area contributed by atoms with E-state index in [4.69, 9.17) is 16.3 Å². The van der Waals surface area contributed by atoms with Crippen molar-refractivity contribution in [2.24, 2.45) is 0 Å². The Balaban J connectivity index is 1.67. The first kappa shape index (κ1) is 17.8. The van der Waals surface area contributed by atoms with Gasteiger partial charge in [-0.3, -0.25) is 0 Å². The second-order valence-corrected chi connectivity index (χ2v) is 6.99. The molecule has 130 valence electrons. The summed E-state index contributed by atoms with van der Waals surface area (Å²) >= 11 is 7.81. The molecule has 2 aromatic carbocycles. The molecule has 0 atom stereocenters. The lowest BCUT2D eigenvalue weighted by atomic mass is 10.2. The molecule has 3 aromatic rings. The van der Waals surface area contributed by atoms with Crippen LogP contribution in [-0.4, -0.2) is 14.8 Å². The fourth-order valence-corrected chi connectivity index (χ4v) is 3.66. The zero-order chi connectivity index (χ0) is 17.6. The van der Waals surface area contributed by atoms with Crippen molar-refractivity contribution in [2.75, 3.05) is 0 Å². The molecule has 1 heterocycles. The molecule has 6 heteroatoms. The number of nitrogens with zero attached hydrogens (tertiary/aromatic N) is 3. The first-order valence-corrected chi connectivity index (χ1v) is 9.51. The van der Waals surface area contributed by atoms with E-state index >= 15 is 0 Å². The van der Waals surface area contributed by atoms with E-state index in [1.54, 1.807) is 11.8 Å². The quantitative estimate of drug-likeness (QED) is 0.538. The van der Waals surface area contributed by atoms with Gasteiger partial charge in [-0.1, -0.05) is 65.3 Å². The van der Waals surface area contributed by atoms with Crippen LogP contribution < -0.4 is 4.74 Å². The van der Waals surface area contributed by atoms with Crippen molar-refractivity contribution in [3.63, 3.8) is 0 Å². The van der Waals surface area contributed by atoms with Gasteiger partial charge in [0.1, 0.15) is 12.4 Å². The Morgan fingerprint density at radius 3 is 2.72 bits per heavy atom. The van der Waals surface area contributed by atoms with Crippen LogP contribution in [0.25, 0.3) is 0 Å². The van der Waals surface area contributed by atoms with E-state index in [0.29, 0.717) is 17.4 Å². The predicted molar refractivity (Wildman–Crippen MR) is 102 cm³/mol. The van der Waals surface area contributed by atoms with Gasteiger partial charge < -0.3 is 9.30 Å². The molecule has 25 heavy (non-hydrogen) atoms. The number of hydrogen-bond acceptors (Lipinski definition) is 4. The van der Waals surface area contributed by atoms with E-state index in [9.17, 15) is 0 Å². The standard InChI is InChI=1S/C19H20ClN3OS/c1-3-23-18(12-24-17-10-5-4-9-16(17)20)21-22-19(23)25-13-15-8-6-7-14(2)11-15/h4-11H,3,12-13H2,1-2H3. The molecule has 0 spiro atoms. The summed E-state index contributed by atoms with van der Waals surface area (Å²) in [6.45, 7) is 5.33. The molecule has 0 unspecified atom stereocenters. The molecular weight excluding hydrogens is 354 g/mol. The molecule has 0 saturated carbocycles. The maximum Gasteiger partial charge on any atom is 0.191 e. The van der Waals surface area contributed by atoms with Crippen LogP contribution in [0.15, 0.2) is 53.7 Å². The van der Waals surface area contributed by atoms with Crippen molar-refractivity contribution in [3.05, 3.63) is 70.5 Å². The number of rotatable bonds is 7. The Kier molecular flexibility index (Phi) is 6.00. The monoisotopic (exact) mass is 373 g/mol. The molecule has 0 saturated heterocycles. The SMILES string of the molecule is CCn1c(COc2ccccc2Cl)nnc1SCc1cccc(C)c1. The summed E-state index contributed by atoms with van der Waals surface area (Å²) in [5, 5.41) is 10.1. The summed E-state index contributed by atoms with van der Waals surface area (Å²) < 4.78 is 7.87. The van der Waals surface area contributed by atoms with Crippen molar-refractivity contribution in [2.45, 2.75) is 37.9 Å².